The van der Waals surface area contributed by atoms with Gasteiger partial charge < -0.3 is 11.5 Å². The fourth-order valence-corrected chi connectivity index (χ4v) is 1.17. The predicted octanol–water partition coefficient (Wildman–Crippen LogP) is 0.761. The van der Waals surface area contributed by atoms with Crippen molar-refractivity contribution in [3.05, 3.63) is 66.3 Å². The number of carbonyl (C=O) groups excluding carboxylic acids is 2. The zero-order chi connectivity index (χ0) is 14.8. The maximum Gasteiger partial charge on any atom is 0.268 e. The number of carbonyl (C=O) groups is 2. The molecule has 0 aliphatic carbocycles. The zero-order valence-corrected chi connectivity index (χ0v) is 10.6. The number of amides is 2. The Balaban J connectivity index is 0.000000204. The first-order valence-corrected chi connectivity index (χ1v) is 5.68. The molecule has 102 valence electrons. The van der Waals surface area contributed by atoms with Crippen molar-refractivity contribution in [2.24, 2.45) is 11.5 Å². The first-order valence-electron chi connectivity index (χ1n) is 5.68. The van der Waals surface area contributed by atoms with Crippen molar-refractivity contribution in [3.8, 4) is 0 Å². The van der Waals surface area contributed by atoms with Crippen LogP contribution < -0.4 is 11.5 Å². The van der Waals surface area contributed by atoms with E-state index in [1.807, 2.05) is 30.3 Å². The third-order valence-corrected chi connectivity index (χ3v) is 2.06. The normalized spacial score (nSPS) is 9.60. The van der Waals surface area contributed by atoms with Crippen molar-refractivity contribution >= 4 is 17.9 Å². The molecule has 0 bridgehead atoms. The van der Waals surface area contributed by atoms with Gasteiger partial charge in [-0.25, -0.2) is 4.98 Å². The van der Waals surface area contributed by atoms with Crippen molar-refractivity contribution in [3.63, 3.8) is 0 Å². The minimum absolute atomic E-state index is 0.192. The van der Waals surface area contributed by atoms with Crippen molar-refractivity contribution in [2.45, 2.75) is 0 Å². The second-order valence-corrected chi connectivity index (χ2v) is 3.60. The maximum atomic E-state index is 10.3. The molecule has 20 heavy (non-hydrogen) atoms. The molecule has 1 heterocycles. The van der Waals surface area contributed by atoms with E-state index < -0.39 is 11.8 Å². The van der Waals surface area contributed by atoms with Gasteiger partial charge in [-0.05, 0) is 11.6 Å². The summed E-state index contributed by atoms with van der Waals surface area (Å²) < 4.78 is 0. The lowest BCUT2D eigenvalue weighted by atomic mass is 10.2. The van der Waals surface area contributed by atoms with Crippen LogP contribution in [0.5, 0.6) is 0 Å². The zero-order valence-electron chi connectivity index (χ0n) is 10.6. The van der Waals surface area contributed by atoms with E-state index in [0.717, 1.165) is 5.56 Å². The molecule has 1 aromatic carbocycles. The van der Waals surface area contributed by atoms with Crippen LogP contribution in [0.3, 0.4) is 0 Å². The quantitative estimate of drug-likeness (QED) is 0.802. The van der Waals surface area contributed by atoms with Gasteiger partial charge in [0, 0.05) is 18.5 Å². The molecule has 6 nitrogen and oxygen atoms in total. The number of benzene rings is 1. The van der Waals surface area contributed by atoms with Gasteiger partial charge in [0.05, 0.1) is 6.20 Å². The Bertz CT molecular complexity index is 583. The van der Waals surface area contributed by atoms with E-state index in [1.165, 1.54) is 24.7 Å². The molecule has 0 spiro atoms. The summed E-state index contributed by atoms with van der Waals surface area (Å²) in [6, 6.07) is 9.53. The highest BCUT2D eigenvalue weighted by atomic mass is 16.1. The molecule has 6 heteroatoms. The second-order valence-electron chi connectivity index (χ2n) is 3.60. The first-order chi connectivity index (χ1) is 9.59. The van der Waals surface area contributed by atoms with Crippen molar-refractivity contribution in [1.82, 2.24) is 9.97 Å². The number of aromatic nitrogens is 2. The van der Waals surface area contributed by atoms with Crippen molar-refractivity contribution in [2.75, 3.05) is 0 Å². The van der Waals surface area contributed by atoms with Gasteiger partial charge in [-0.3, -0.25) is 14.6 Å². The minimum atomic E-state index is -0.553. The van der Waals surface area contributed by atoms with E-state index in [0.29, 0.717) is 0 Å². The van der Waals surface area contributed by atoms with Gasteiger partial charge in [0.25, 0.3) is 5.91 Å². The number of primary amides is 2. The molecule has 0 unspecified atom stereocenters. The molecule has 2 amide bonds. The summed E-state index contributed by atoms with van der Waals surface area (Å²) in [5.74, 6) is -0.975. The molecule has 0 atom stereocenters. The number of hydrogen-bond acceptors (Lipinski definition) is 4. The summed E-state index contributed by atoms with van der Waals surface area (Å²) in [4.78, 5) is 27.9. The molecular weight excluding hydrogens is 256 g/mol. The standard InChI is InChI=1S/C9H9NO.C5H5N3O/c10-9(11)7-6-8-4-2-1-3-5-8;6-5(9)4-3-7-1-2-8-4/h1-7H,(H2,10,11);1-3H,(H2,6,9). The molecular formula is C14H14N4O2. The third-order valence-electron chi connectivity index (χ3n) is 2.06. The number of nitrogens with zero attached hydrogens (tertiary/aromatic N) is 2. The van der Waals surface area contributed by atoms with Gasteiger partial charge in [-0.15, -0.1) is 0 Å². The fourth-order valence-electron chi connectivity index (χ4n) is 1.17. The lowest BCUT2D eigenvalue weighted by Crippen LogP contribution is -2.12. The number of nitrogens with two attached hydrogens (primary N) is 2. The van der Waals surface area contributed by atoms with Gasteiger partial charge in [0.1, 0.15) is 5.69 Å². The van der Waals surface area contributed by atoms with Crippen molar-refractivity contribution < 1.29 is 9.59 Å². The average Bonchev–Trinajstić information content (AvgIpc) is 2.48. The van der Waals surface area contributed by atoms with Gasteiger partial charge >= 0.3 is 0 Å². The molecule has 1 aromatic heterocycles. The third kappa shape index (κ3) is 6.06. The number of hydrogen-bond donors (Lipinski definition) is 2. The fraction of sp³-hybridized carbons (Fsp3) is 0. The SMILES string of the molecule is NC(=O)C=Cc1ccccc1.NC(=O)c1cnccn1. The number of rotatable bonds is 3. The molecule has 0 fully saturated rings. The summed E-state index contributed by atoms with van der Waals surface area (Å²) in [7, 11) is 0. The summed E-state index contributed by atoms with van der Waals surface area (Å²) in [6.45, 7) is 0. The first kappa shape index (κ1) is 15.0. The highest BCUT2D eigenvalue weighted by Crippen LogP contribution is 1.99. The summed E-state index contributed by atoms with van der Waals surface area (Å²) >= 11 is 0. The van der Waals surface area contributed by atoms with E-state index in [9.17, 15) is 9.59 Å². The van der Waals surface area contributed by atoms with Crippen LogP contribution in [0.4, 0.5) is 0 Å². The van der Waals surface area contributed by atoms with Crippen LogP contribution in [-0.2, 0) is 4.79 Å². The minimum Gasteiger partial charge on any atom is -0.366 e. The molecule has 4 N–H and O–H groups in total. The maximum absolute atomic E-state index is 10.3. The Kier molecular flexibility index (Phi) is 6.13. The molecule has 0 aliphatic rings. The Morgan fingerprint density at radius 2 is 1.75 bits per heavy atom. The lowest BCUT2D eigenvalue weighted by molar-refractivity contribution is -0.113. The second kappa shape index (κ2) is 8.15. The van der Waals surface area contributed by atoms with Crippen LogP contribution in [0.25, 0.3) is 6.08 Å². The monoisotopic (exact) mass is 270 g/mol. The summed E-state index contributed by atoms with van der Waals surface area (Å²) in [5.41, 5.74) is 11.0. The van der Waals surface area contributed by atoms with Crippen LogP contribution in [0.1, 0.15) is 16.1 Å². The van der Waals surface area contributed by atoms with E-state index >= 15 is 0 Å². The van der Waals surface area contributed by atoms with E-state index in [1.54, 1.807) is 6.08 Å². The molecule has 0 aliphatic heterocycles. The topological polar surface area (TPSA) is 112 Å². The van der Waals surface area contributed by atoms with Gasteiger partial charge in [0.2, 0.25) is 5.91 Å². The van der Waals surface area contributed by atoms with Crippen LogP contribution in [0, 0.1) is 0 Å². The van der Waals surface area contributed by atoms with E-state index in [-0.39, 0.29) is 5.69 Å². The Morgan fingerprint density at radius 1 is 1.05 bits per heavy atom. The molecule has 0 saturated carbocycles. The molecule has 2 aromatic rings. The summed E-state index contributed by atoms with van der Waals surface area (Å²) in [6.07, 6.45) is 7.24. The molecule has 2 rings (SSSR count). The predicted molar refractivity (Wildman–Crippen MR) is 75.2 cm³/mol. The van der Waals surface area contributed by atoms with Gasteiger partial charge in [0.15, 0.2) is 0 Å². The molecule has 0 saturated heterocycles. The van der Waals surface area contributed by atoms with Gasteiger partial charge in [-0.1, -0.05) is 30.3 Å². The highest BCUT2D eigenvalue weighted by Gasteiger charge is 1.97. The largest absolute Gasteiger partial charge is 0.366 e. The van der Waals surface area contributed by atoms with Crippen LogP contribution in [0.15, 0.2) is 55.0 Å². The van der Waals surface area contributed by atoms with Gasteiger partial charge in [-0.2, -0.15) is 0 Å². The van der Waals surface area contributed by atoms with Crippen molar-refractivity contribution in [1.29, 1.82) is 0 Å². The lowest BCUT2D eigenvalue weighted by Gasteiger charge is -1.88. The smallest absolute Gasteiger partial charge is 0.268 e. The van der Waals surface area contributed by atoms with E-state index in [2.05, 4.69) is 9.97 Å². The molecule has 0 radical (unpaired) electrons. The highest BCUT2D eigenvalue weighted by molar-refractivity contribution is 5.90. The Hall–Kier alpha value is -3.02. The van der Waals surface area contributed by atoms with Crippen LogP contribution in [0.2, 0.25) is 0 Å². The van der Waals surface area contributed by atoms with E-state index in [4.69, 9.17) is 11.5 Å². The Labute approximate surface area is 116 Å². The Morgan fingerprint density at radius 3 is 2.20 bits per heavy atom. The van der Waals surface area contributed by atoms with Crippen LogP contribution in [-0.4, -0.2) is 21.8 Å². The summed E-state index contributed by atoms with van der Waals surface area (Å²) in [5, 5.41) is 0. The average molecular weight is 270 g/mol. The van der Waals surface area contributed by atoms with Crippen LogP contribution >= 0.6 is 0 Å².